The molecule has 0 saturated carbocycles. The van der Waals surface area contributed by atoms with Crippen molar-refractivity contribution in [2.24, 2.45) is 0 Å². The van der Waals surface area contributed by atoms with E-state index in [9.17, 15) is 0 Å². The number of hydrogen-bond acceptors (Lipinski definition) is 7. The fourth-order valence-corrected chi connectivity index (χ4v) is 2.28. The summed E-state index contributed by atoms with van der Waals surface area (Å²) in [5.41, 5.74) is 1.98. The van der Waals surface area contributed by atoms with Gasteiger partial charge in [-0.15, -0.1) is 5.10 Å². The van der Waals surface area contributed by atoms with E-state index < -0.39 is 0 Å². The Morgan fingerprint density at radius 2 is 1.75 bits per heavy atom. The fraction of sp³-hybridized carbons (Fsp3) is 0.385. The highest BCUT2D eigenvalue weighted by Gasteiger charge is 2.12. The molecule has 0 aliphatic heterocycles. The maximum absolute atomic E-state index is 5.32. The molecule has 0 radical (unpaired) electrons. The van der Waals surface area contributed by atoms with Crippen LogP contribution < -0.4 is 19.5 Å². The zero-order valence-corrected chi connectivity index (χ0v) is 12.5. The Morgan fingerprint density at radius 3 is 2.25 bits per heavy atom. The van der Waals surface area contributed by atoms with Crippen LogP contribution in [0.3, 0.4) is 0 Å². The maximum Gasteiger partial charge on any atom is 0.203 e. The summed E-state index contributed by atoms with van der Waals surface area (Å²) in [6.07, 6.45) is 0. The fourth-order valence-electron chi connectivity index (χ4n) is 1.83. The second kappa shape index (κ2) is 7.06. The van der Waals surface area contributed by atoms with Gasteiger partial charge in [-0.1, -0.05) is 4.49 Å². The second-order valence-electron chi connectivity index (χ2n) is 4.03. The minimum Gasteiger partial charge on any atom is -0.493 e. The molecular weight excluding hydrogens is 278 g/mol. The van der Waals surface area contributed by atoms with Crippen molar-refractivity contribution in [3.05, 3.63) is 28.8 Å². The Balaban J connectivity index is 2.07. The molecule has 1 aromatic heterocycles. The summed E-state index contributed by atoms with van der Waals surface area (Å²) < 4.78 is 19.7. The smallest absolute Gasteiger partial charge is 0.203 e. The van der Waals surface area contributed by atoms with Gasteiger partial charge in [0.1, 0.15) is 0 Å². The van der Waals surface area contributed by atoms with Crippen LogP contribution in [0.25, 0.3) is 0 Å². The summed E-state index contributed by atoms with van der Waals surface area (Å²) in [7, 11) is 4.80. The lowest BCUT2D eigenvalue weighted by Crippen LogP contribution is -2.13. The molecule has 0 saturated heterocycles. The highest BCUT2D eigenvalue weighted by Crippen LogP contribution is 2.38. The van der Waals surface area contributed by atoms with Crippen molar-refractivity contribution >= 4 is 11.5 Å². The SMILES string of the molecule is COc1cc(CNCc2csnn2)cc(OC)c1OC. The molecule has 108 valence electrons. The van der Waals surface area contributed by atoms with Crippen molar-refractivity contribution < 1.29 is 14.2 Å². The van der Waals surface area contributed by atoms with Gasteiger partial charge in [-0.2, -0.15) is 0 Å². The number of rotatable bonds is 7. The quantitative estimate of drug-likeness (QED) is 0.841. The van der Waals surface area contributed by atoms with Crippen molar-refractivity contribution in [2.45, 2.75) is 13.1 Å². The van der Waals surface area contributed by atoms with Gasteiger partial charge < -0.3 is 19.5 Å². The molecule has 2 rings (SSSR count). The van der Waals surface area contributed by atoms with E-state index in [1.165, 1.54) is 11.5 Å². The molecule has 1 aromatic carbocycles. The van der Waals surface area contributed by atoms with Crippen LogP contribution >= 0.6 is 11.5 Å². The molecule has 0 amide bonds. The summed E-state index contributed by atoms with van der Waals surface area (Å²) >= 11 is 1.35. The first-order valence-corrected chi connectivity index (χ1v) is 6.87. The number of benzene rings is 1. The number of nitrogens with one attached hydrogen (secondary N) is 1. The molecule has 1 heterocycles. The molecule has 0 unspecified atom stereocenters. The Labute approximate surface area is 121 Å². The van der Waals surface area contributed by atoms with E-state index >= 15 is 0 Å². The molecule has 0 bridgehead atoms. The van der Waals surface area contributed by atoms with Gasteiger partial charge in [-0.3, -0.25) is 0 Å². The first kappa shape index (κ1) is 14.5. The van der Waals surface area contributed by atoms with Gasteiger partial charge in [0.05, 0.1) is 27.0 Å². The van der Waals surface area contributed by atoms with E-state index in [2.05, 4.69) is 14.9 Å². The normalized spacial score (nSPS) is 10.3. The minimum atomic E-state index is 0.599. The molecule has 0 aliphatic carbocycles. The Morgan fingerprint density at radius 1 is 1.05 bits per heavy atom. The van der Waals surface area contributed by atoms with Crippen LogP contribution in [-0.2, 0) is 13.1 Å². The number of ether oxygens (including phenoxy) is 3. The highest BCUT2D eigenvalue weighted by molar-refractivity contribution is 7.03. The van der Waals surface area contributed by atoms with Crippen LogP contribution in [0.5, 0.6) is 17.2 Å². The number of nitrogens with zero attached hydrogens (tertiary/aromatic N) is 2. The van der Waals surface area contributed by atoms with Crippen LogP contribution in [0.2, 0.25) is 0 Å². The summed E-state index contributed by atoms with van der Waals surface area (Å²) in [5, 5.41) is 9.19. The zero-order valence-electron chi connectivity index (χ0n) is 11.7. The van der Waals surface area contributed by atoms with Gasteiger partial charge >= 0.3 is 0 Å². The predicted octanol–water partition coefficient (Wildman–Crippen LogP) is 1.85. The number of methoxy groups -OCH3 is 3. The van der Waals surface area contributed by atoms with E-state index in [1.807, 2.05) is 17.5 Å². The van der Waals surface area contributed by atoms with E-state index in [0.29, 0.717) is 30.3 Å². The van der Waals surface area contributed by atoms with Gasteiger partial charge in [0.2, 0.25) is 5.75 Å². The third-order valence-corrected chi connectivity index (χ3v) is 3.32. The summed E-state index contributed by atoms with van der Waals surface area (Å²) in [6, 6.07) is 3.85. The number of aromatic nitrogens is 2. The average molecular weight is 295 g/mol. The Hall–Kier alpha value is -1.86. The molecule has 0 aliphatic rings. The molecule has 6 nitrogen and oxygen atoms in total. The van der Waals surface area contributed by atoms with Crippen molar-refractivity contribution in [1.82, 2.24) is 14.9 Å². The lowest BCUT2D eigenvalue weighted by Gasteiger charge is -2.14. The van der Waals surface area contributed by atoms with E-state index in [1.54, 1.807) is 21.3 Å². The largest absolute Gasteiger partial charge is 0.493 e. The Bertz CT molecular complexity index is 521. The first-order valence-electron chi connectivity index (χ1n) is 6.04. The summed E-state index contributed by atoms with van der Waals surface area (Å²) in [6.45, 7) is 1.35. The molecule has 0 atom stereocenters. The lowest BCUT2D eigenvalue weighted by molar-refractivity contribution is 0.323. The molecule has 1 N–H and O–H groups in total. The standard InChI is InChI=1S/C13H17N3O3S/c1-17-11-4-9(5-12(18-2)13(11)19-3)6-14-7-10-8-20-16-15-10/h4-5,8,14H,6-7H2,1-3H3. The van der Waals surface area contributed by atoms with Crippen LogP contribution in [0.4, 0.5) is 0 Å². The van der Waals surface area contributed by atoms with Crippen molar-refractivity contribution in [3.8, 4) is 17.2 Å². The molecule has 20 heavy (non-hydrogen) atoms. The third-order valence-electron chi connectivity index (χ3n) is 2.76. The van der Waals surface area contributed by atoms with Gasteiger partial charge in [0, 0.05) is 18.5 Å². The van der Waals surface area contributed by atoms with Crippen molar-refractivity contribution in [1.29, 1.82) is 0 Å². The van der Waals surface area contributed by atoms with Crippen molar-refractivity contribution in [2.75, 3.05) is 21.3 Å². The highest BCUT2D eigenvalue weighted by atomic mass is 32.1. The van der Waals surface area contributed by atoms with E-state index in [-0.39, 0.29) is 0 Å². The molecule has 0 fully saturated rings. The third kappa shape index (κ3) is 3.37. The van der Waals surface area contributed by atoms with Gasteiger partial charge in [-0.25, -0.2) is 0 Å². The summed E-state index contributed by atoms with van der Waals surface area (Å²) in [4.78, 5) is 0. The monoisotopic (exact) mass is 295 g/mol. The molecular formula is C13H17N3O3S. The van der Waals surface area contributed by atoms with Crippen LogP contribution in [0, 0.1) is 0 Å². The lowest BCUT2D eigenvalue weighted by atomic mass is 10.1. The van der Waals surface area contributed by atoms with Crippen LogP contribution in [0.1, 0.15) is 11.3 Å². The summed E-state index contributed by atoms with van der Waals surface area (Å²) in [5.74, 6) is 1.90. The number of hydrogen-bond donors (Lipinski definition) is 1. The molecule has 0 spiro atoms. The average Bonchev–Trinajstić information content (AvgIpc) is 2.99. The van der Waals surface area contributed by atoms with Gasteiger partial charge in [0.15, 0.2) is 11.5 Å². The van der Waals surface area contributed by atoms with Gasteiger partial charge in [0.25, 0.3) is 0 Å². The van der Waals surface area contributed by atoms with Crippen molar-refractivity contribution in [3.63, 3.8) is 0 Å². The topological polar surface area (TPSA) is 65.5 Å². The Kier molecular flexibility index (Phi) is 5.14. The predicted molar refractivity (Wildman–Crippen MR) is 76.6 cm³/mol. The van der Waals surface area contributed by atoms with E-state index in [0.717, 1.165) is 11.3 Å². The second-order valence-corrected chi connectivity index (χ2v) is 4.64. The van der Waals surface area contributed by atoms with Crippen LogP contribution in [0.15, 0.2) is 17.5 Å². The van der Waals surface area contributed by atoms with Gasteiger partial charge in [-0.05, 0) is 29.2 Å². The maximum atomic E-state index is 5.32. The zero-order chi connectivity index (χ0) is 14.4. The molecule has 7 heteroatoms. The first-order chi connectivity index (χ1) is 9.78. The minimum absolute atomic E-state index is 0.599. The van der Waals surface area contributed by atoms with E-state index in [4.69, 9.17) is 14.2 Å². The van der Waals surface area contributed by atoms with Crippen LogP contribution in [-0.4, -0.2) is 30.9 Å². The molecule has 2 aromatic rings.